The Labute approximate surface area is 111 Å². The summed E-state index contributed by atoms with van der Waals surface area (Å²) in [5, 5.41) is 2.99. The van der Waals surface area contributed by atoms with Crippen molar-refractivity contribution in [1.82, 2.24) is 5.32 Å². The fraction of sp³-hybridized carbons (Fsp3) is 0.562. The summed E-state index contributed by atoms with van der Waals surface area (Å²) < 4.78 is 0. The van der Waals surface area contributed by atoms with Crippen LogP contribution < -0.4 is 5.32 Å². The molecule has 0 fully saturated rings. The molecule has 0 aliphatic rings. The predicted octanol–water partition coefficient (Wildman–Crippen LogP) is 3.56. The van der Waals surface area contributed by atoms with Gasteiger partial charge < -0.3 is 5.32 Å². The van der Waals surface area contributed by atoms with E-state index in [2.05, 4.69) is 38.2 Å². The number of benzene rings is 1. The summed E-state index contributed by atoms with van der Waals surface area (Å²) in [4.78, 5) is 11.6. The van der Waals surface area contributed by atoms with Gasteiger partial charge in [-0.1, -0.05) is 51.1 Å². The van der Waals surface area contributed by atoms with Gasteiger partial charge in [-0.15, -0.1) is 0 Å². The summed E-state index contributed by atoms with van der Waals surface area (Å²) >= 11 is 0. The Kier molecular flexibility index (Phi) is 5.90. The van der Waals surface area contributed by atoms with E-state index in [1.807, 2.05) is 18.2 Å². The molecule has 1 aromatic carbocycles. The molecule has 0 aliphatic carbocycles. The standard InChI is InChI=1S/C16H25NO/c1-16(2,3)12-7-13-17-15(18)11-10-14-8-5-4-6-9-14/h4-6,8-9H,7,10-13H2,1-3H3,(H,17,18). The topological polar surface area (TPSA) is 29.1 Å². The Hall–Kier alpha value is -1.31. The Morgan fingerprint density at radius 2 is 1.83 bits per heavy atom. The molecule has 2 heteroatoms. The van der Waals surface area contributed by atoms with Crippen LogP contribution in [0.2, 0.25) is 0 Å². The van der Waals surface area contributed by atoms with Crippen LogP contribution in [-0.2, 0) is 11.2 Å². The second kappa shape index (κ2) is 7.20. The lowest BCUT2D eigenvalue weighted by Gasteiger charge is -2.17. The largest absolute Gasteiger partial charge is 0.356 e. The van der Waals surface area contributed by atoms with Crippen LogP contribution in [0.1, 0.15) is 45.6 Å². The normalized spacial score (nSPS) is 11.3. The molecule has 0 spiro atoms. The molecule has 1 aromatic rings. The number of amides is 1. The zero-order chi connectivity index (χ0) is 13.4. The maximum atomic E-state index is 11.6. The highest BCUT2D eigenvalue weighted by Gasteiger charge is 2.09. The molecule has 0 atom stereocenters. The van der Waals surface area contributed by atoms with Gasteiger partial charge in [-0.2, -0.15) is 0 Å². The molecule has 0 saturated carbocycles. The van der Waals surface area contributed by atoms with E-state index in [0.29, 0.717) is 11.8 Å². The second-order valence-electron chi connectivity index (χ2n) is 6.00. The van der Waals surface area contributed by atoms with Crippen LogP contribution in [0, 0.1) is 5.41 Å². The first-order valence-corrected chi connectivity index (χ1v) is 6.78. The van der Waals surface area contributed by atoms with E-state index in [1.165, 1.54) is 5.56 Å². The summed E-state index contributed by atoms with van der Waals surface area (Å²) in [6.45, 7) is 7.48. The molecule has 0 unspecified atom stereocenters. The zero-order valence-electron chi connectivity index (χ0n) is 11.8. The lowest BCUT2D eigenvalue weighted by atomic mass is 9.91. The number of rotatable bonds is 6. The molecule has 0 aromatic heterocycles. The first kappa shape index (κ1) is 14.7. The molecule has 0 saturated heterocycles. The van der Waals surface area contributed by atoms with E-state index in [1.54, 1.807) is 0 Å². The van der Waals surface area contributed by atoms with Crippen molar-refractivity contribution >= 4 is 5.91 Å². The van der Waals surface area contributed by atoms with E-state index in [-0.39, 0.29) is 5.91 Å². The van der Waals surface area contributed by atoms with Gasteiger partial charge in [-0.3, -0.25) is 4.79 Å². The van der Waals surface area contributed by atoms with Gasteiger partial charge in [0.25, 0.3) is 0 Å². The van der Waals surface area contributed by atoms with Crippen molar-refractivity contribution in [1.29, 1.82) is 0 Å². The monoisotopic (exact) mass is 247 g/mol. The SMILES string of the molecule is CC(C)(C)CCCNC(=O)CCc1ccccc1. The van der Waals surface area contributed by atoms with Crippen molar-refractivity contribution in [3.8, 4) is 0 Å². The minimum atomic E-state index is 0.160. The number of hydrogen-bond acceptors (Lipinski definition) is 1. The van der Waals surface area contributed by atoms with Crippen LogP contribution in [0.3, 0.4) is 0 Å². The number of hydrogen-bond donors (Lipinski definition) is 1. The molecule has 2 nitrogen and oxygen atoms in total. The van der Waals surface area contributed by atoms with Gasteiger partial charge in [0, 0.05) is 13.0 Å². The van der Waals surface area contributed by atoms with Gasteiger partial charge in [0.05, 0.1) is 0 Å². The molecule has 1 amide bonds. The molecule has 1 N–H and O–H groups in total. The van der Waals surface area contributed by atoms with Crippen LogP contribution >= 0.6 is 0 Å². The number of nitrogens with one attached hydrogen (secondary N) is 1. The van der Waals surface area contributed by atoms with Crippen LogP contribution in [0.4, 0.5) is 0 Å². The van der Waals surface area contributed by atoms with Crippen molar-refractivity contribution in [2.24, 2.45) is 5.41 Å². The van der Waals surface area contributed by atoms with Crippen LogP contribution in [0.15, 0.2) is 30.3 Å². The highest BCUT2D eigenvalue weighted by atomic mass is 16.1. The molecular weight excluding hydrogens is 222 g/mol. The van der Waals surface area contributed by atoms with E-state index in [4.69, 9.17) is 0 Å². The number of aryl methyl sites for hydroxylation is 1. The average Bonchev–Trinajstić information content (AvgIpc) is 2.32. The van der Waals surface area contributed by atoms with Gasteiger partial charge in [0.2, 0.25) is 5.91 Å². The lowest BCUT2D eigenvalue weighted by Crippen LogP contribution is -2.25. The van der Waals surface area contributed by atoms with Crippen molar-refractivity contribution in [3.05, 3.63) is 35.9 Å². The maximum Gasteiger partial charge on any atom is 0.220 e. The van der Waals surface area contributed by atoms with Crippen LogP contribution in [0.25, 0.3) is 0 Å². The second-order valence-corrected chi connectivity index (χ2v) is 6.00. The van der Waals surface area contributed by atoms with E-state index < -0.39 is 0 Å². The Bertz CT molecular complexity index is 351. The Morgan fingerprint density at radius 1 is 1.17 bits per heavy atom. The highest BCUT2D eigenvalue weighted by molar-refractivity contribution is 5.76. The van der Waals surface area contributed by atoms with E-state index in [0.717, 1.165) is 25.8 Å². The third kappa shape index (κ3) is 7.10. The van der Waals surface area contributed by atoms with Gasteiger partial charge in [0.15, 0.2) is 0 Å². The van der Waals surface area contributed by atoms with Crippen LogP contribution in [0.5, 0.6) is 0 Å². The summed E-state index contributed by atoms with van der Waals surface area (Å²) in [5.41, 5.74) is 1.58. The van der Waals surface area contributed by atoms with Crippen molar-refractivity contribution in [2.45, 2.75) is 46.5 Å². The van der Waals surface area contributed by atoms with E-state index in [9.17, 15) is 4.79 Å². The fourth-order valence-electron chi connectivity index (χ4n) is 1.84. The third-order valence-corrected chi connectivity index (χ3v) is 2.91. The number of carbonyl (C=O) groups excluding carboxylic acids is 1. The van der Waals surface area contributed by atoms with Crippen LogP contribution in [-0.4, -0.2) is 12.5 Å². The highest BCUT2D eigenvalue weighted by Crippen LogP contribution is 2.19. The molecule has 18 heavy (non-hydrogen) atoms. The van der Waals surface area contributed by atoms with Gasteiger partial charge >= 0.3 is 0 Å². The van der Waals surface area contributed by atoms with Gasteiger partial charge in [-0.05, 0) is 30.2 Å². The first-order chi connectivity index (χ1) is 8.47. The molecule has 0 heterocycles. The maximum absolute atomic E-state index is 11.6. The third-order valence-electron chi connectivity index (χ3n) is 2.91. The van der Waals surface area contributed by atoms with E-state index >= 15 is 0 Å². The summed E-state index contributed by atoms with van der Waals surface area (Å²) in [6, 6.07) is 10.1. The van der Waals surface area contributed by atoms with Crippen molar-refractivity contribution < 1.29 is 4.79 Å². The molecule has 1 rings (SSSR count). The molecule has 0 bridgehead atoms. The van der Waals surface area contributed by atoms with Gasteiger partial charge in [-0.25, -0.2) is 0 Å². The predicted molar refractivity (Wildman–Crippen MR) is 76.5 cm³/mol. The average molecular weight is 247 g/mol. The minimum Gasteiger partial charge on any atom is -0.356 e. The molecule has 0 aliphatic heterocycles. The summed E-state index contributed by atoms with van der Waals surface area (Å²) in [7, 11) is 0. The molecule has 0 radical (unpaired) electrons. The number of carbonyl (C=O) groups is 1. The summed E-state index contributed by atoms with van der Waals surface area (Å²) in [6.07, 6.45) is 3.61. The zero-order valence-corrected chi connectivity index (χ0v) is 11.8. The molecular formula is C16H25NO. The molecule has 100 valence electrons. The Balaban J connectivity index is 2.11. The summed E-state index contributed by atoms with van der Waals surface area (Å²) in [5.74, 6) is 0.160. The van der Waals surface area contributed by atoms with Gasteiger partial charge in [0.1, 0.15) is 0 Å². The minimum absolute atomic E-state index is 0.160. The van der Waals surface area contributed by atoms with Crippen molar-refractivity contribution in [3.63, 3.8) is 0 Å². The Morgan fingerprint density at radius 3 is 2.44 bits per heavy atom. The fourth-order valence-corrected chi connectivity index (χ4v) is 1.84. The quantitative estimate of drug-likeness (QED) is 0.765. The first-order valence-electron chi connectivity index (χ1n) is 6.78. The smallest absolute Gasteiger partial charge is 0.220 e. The lowest BCUT2D eigenvalue weighted by molar-refractivity contribution is -0.121. The van der Waals surface area contributed by atoms with Crippen molar-refractivity contribution in [2.75, 3.05) is 6.54 Å².